The van der Waals surface area contributed by atoms with Crippen LogP contribution < -0.4 is 40.5 Å². The fourth-order valence-corrected chi connectivity index (χ4v) is 8.43. The number of nitrogens with one attached hydrogen (secondary N) is 2. The third-order valence-electron chi connectivity index (χ3n) is 11.6. The number of methoxy groups -OCH3 is 3. The number of aryl methyl sites for hydroxylation is 1. The zero-order valence-electron chi connectivity index (χ0n) is 36.2. The molecule has 10 rings (SSSR count). The molecule has 0 fully saturated rings. The molecular weight excluding hydrogens is 875 g/mol. The van der Waals surface area contributed by atoms with Crippen LogP contribution in [0.2, 0.25) is 0 Å². The third kappa shape index (κ3) is 8.81. The second kappa shape index (κ2) is 19.0. The molecule has 0 amide bonds. The van der Waals surface area contributed by atoms with Gasteiger partial charge in [-0.3, -0.25) is 0 Å². The van der Waals surface area contributed by atoms with Crippen LogP contribution in [0.5, 0.6) is 23.0 Å². The van der Waals surface area contributed by atoms with Crippen LogP contribution in [0.4, 0.5) is 0 Å². The number of aromatic amines is 2. The molecule has 8 bridgehead atoms. The summed E-state index contributed by atoms with van der Waals surface area (Å²) in [5.74, 6) is 3.15. The van der Waals surface area contributed by atoms with E-state index in [0.717, 1.165) is 125 Å². The fraction of sp³-hybridized carbons (Fsp3) is 0.109. The van der Waals surface area contributed by atoms with Crippen molar-refractivity contribution in [3.05, 3.63) is 175 Å². The van der Waals surface area contributed by atoms with E-state index in [1.807, 2.05) is 66.7 Å². The van der Waals surface area contributed by atoms with Gasteiger partial charge in [-0.05, 0) is 119 Å². The fourth-order valence-electron chi connectivity index (χ4n) is 8.43. The Morgan fingerprint density at radius 1 is 0.415 bits per heavy atom. The minimum absolute atomic E-state index is 0. The topological polar surface area (TPSA) is 98.2 Å². The lowest BCUT2D eigenvalue weighted by Gasteiger charge is -2.09. The average Bonchev–Trinajstić information content (AvgIpc) is 4.20. The van der Waals surface area contributed by atoms with E-state index in [9.17, 15) is 0 Å². The van der Waals surface area contributed by atoms with Gasteiger partial charge in [0.15, 0.2) is 18.9 Å². The van der Waals surface area contributed by atoms with E-state index in [2.05, 4.69) is 124 Å². The van der Waals surface area contributed by atoms with Gasteiger partial charge in [-0.15, -0.1) is 0 Å². The lowest BCUT2D eigenvalue weighted by molar-refractivity contribution is -0.697. The smallest absolute Gasteiger partial charge is 0.168 e. The van der Waals surface area contributed by atoms with Gasteiger partial charge in [-0.2, -0.15) is 0 Å². The van der Waals surface area contributed by atoms with Crippen LogP contribution in [0.25, 0.3) is 90.9 Å². The highest BCUT2D eigenvalue weighted by Gasteiger charge is 2.20. The second-order valence-electron chi connectivity index (χ2n) is 15.5. The summed E-state index contributed by atoms with van der Waals surface area (Å²) in [7, 11) is 5.05. The molecule has 0 radical (unpaired) electrons. The first kappa shape index (κ1) is 42.6. The second-order valence-corrected chi connectivity index (χ2v) is 15.5. The van der Waals surface area contributed by atoms with Crippen molar-refractivity contribution in [1.29, 1.82) is 0 Å². The van der Waals surface area contributed by atoms with Gasteiger partial charge in [0.25, 0.3) is 0 Å². The van der Waals surface area contributed by atoms with E-state index in [-0.39, 0.29) is 17.0 Å². The summed E-state index contributed by atoms with van der Waals surface area (Å²) in [6.45, 7) is 1.49. The number of ether oxygens (including phenoxy) is 4. The highest BCUT2D eigenvalue weighted by atomic mass is 79.9. The Hall–Kier alpha value is -7.69. The van der Waals surface area contributed by atoms with E-state index in [4.69, 9.17) is 28.9 Å². The van der Waals surface area contributed by atoms with Crippen molar-refractivity contribution in [2.75, 3.05) is 27.9 Å². The van der Waals surface area contributed by atoms with Gasteiger partial charge < -0.3 is 45.9 Å². The monoisotopic (exact) mass is 919 g/mol. The van der Waals surface area contributed by atoms with Gasteiger partial charge in [0.2, 0.25) is 0 Å². The maximum Gasteiger partial charge on any atom is 0.168 e. The molecule has 2 aliphatic heterocycles. The third-order valence-corrected chi connectivity index (χ3v) is 11.6. The number of H-pyrrole nitrogens is 2. The molecule has 8 aromatic rings. The summed E-state index contributed by atoms with van der Waals surface area (Å²) in [5.41, 5.74) is 14.8. The standard InChI is InChI=1S/C55H46N5O4.BrH/c1-61-40-16-8-36(9-17-40)52-44-24-26-46(56-44)53(37-10-18-41(62-2)19-11-37)48-28-30-50(58-48)55(39-14-22-43(23-15-39)64-35-7-34-60-32-5-4-6-33-60)51-31-29-49(59-51)54(47-27-25-45(52)57-47)38-12-20-42(63-3)21-13-38;/h4-6,8-33,56-57H,7,34-35H2,1-3H3;1H/q+1;/p-1. The van der Waals surface area contributed by atoms with Crippen molar-refractivity contribution >= 4 is 46.4 Å². The van der Waals surface area contributed by atoms with E-state index in [1.54, 1.807) is 21.3 Å². The number of benzene rings is 4. The van der Waals surface area contributed by atoms with E-state index < -0.39 is 0 Å². The van der Waals surface area contributed by atoms with Crippen LogP contribution in [0.15, 0.2) is 152 Å². The molecule has 65 heavy (non-hydrogen) atoms. The van der Waals surface area contributed by atoms with Crippen molar-refractivity contribution in [2.45, 2.75) is 13.0 Å². The van der Waals surface area contributed by atoms with Gasteiger partial charge in [-0.25, -0.2) is 14.5 Å². The molecule has 0 atom stereocenters. The Kier molecular flexibility index (Phi) is 12.4. The molecule has 9 nitrogen and oxygen atoms in total. The van der Waals surface area contributed by atoms with Crippen LogP contribution in [0.1, 0.15) is 29.2 Å². The lowest BCUT2D eigenvalue weighted by Crippen LogP contribution is -3.00. The first-order valence-corrected chi connectivity index (χ1v) is 21.3. The zero-order valence-corrected chi connectivity index (χ0v) is 37.8. The summed E-state index contributed by atoms with van der Waals surface area (Å²) in [6, 6.07) is 47.4. The van der Waals surface area contributed by atoms with Crippen molar-refractivity contribution in [3.8, 4) is 67.5 Å². The van der Waals surface area contributed by atoms with E-state index in [0.29, 0.717) is 6.61 Å². The molecule has 322 valence electrons. The molecule has 4 aromatic carbocycles. The molecule has 6 heterocycles. The summed E-state index contributed by atoms with van der Waals surface area (Å²) in [5, 5.41) is 0. The normalized spacial score (nSPS) is 11.6. The number of hydrogen-bond donors (Lipinski definition) is 2. The van der Waals surface area contributed by atoms with Crippen LogP contribution >= 0.6 is 0 Å². The molecule has 0 aliphatic carbocycles. The maximum atomic E-state index is 6.23. The van der Waals surface area contributed by atoms with Crippen molar-refractivity contribution in [2.24, 2.45) is 0 Å². The number of pyridine rings is 1. The molecule has 0 saturated carbocycles. The molecule has 2 N–H and O–H groups in total. The largest absolute Gasteiger partial charge is 1.00 e. The summed E-state index contributed by atoms with van der Waals surface area (Å²) in [6.07, 6.45) is 13.4. The Morgan fingerprint density at radius 2 is 0.769 bits per heavy atom. The van der Waals surface area contributed by atoms with Gasteiger partial charge in [-0.1, -0.05) is 54.6 Å². The number of fused-ring (bicyclic) bond motifs is 8. The minimum Gasteiger partial charge on any atom is -1.00 e. The minimum atomic E-state index is 0. The molecule has 0 saturated heterocycles. The van der Waals surface area contributed by atoms with Gasteiger partial charge >= 0.3 is 0 Å². The van der Waals surface area contributed by atoms with Gasteiger partial charge in [0.05, 0.1) is 50.7 Å². The SMILES string of the molecule is COc1ccc(-c2c3nc(c(-c4ccc(OCCC[n+]5ccccc5)cc4)c4nc(c(-c5ccc(OC)cc5)c5ccc([nH]5)c(-c5ccc(OC)cc5)c5ccc2[nH]5)C=C4)C=C3)cc1.[Br-]. The first-order valence-electron chi connectivity index (χ1n) is 21.3. The van der Waals surface area contributed by atoms with Crippen molar-refractivity contribution in [1.82, 2.24) is 19.9 Å². The Balaban J connectivity index is 0.00000533. The van der Waals surface area contributed by atoms with Gasteiger partial charge in [0.1, 0.15) is 23.0 Å². The number of nitrogens with zero attached hydrogens (tertiary/aromatic N) is 3. The Bertz CT molecular complexity index is 3050. The Labute approximate surface area is 388 Å². The van der Waals surface area contributed by atoms with Gasteiger partial charge in [0, 0.05) is 62.9 Å². The predicted octanol–water partition coefficient (Wildman–Crippen LogP) is 9.11. The molecule has 0 unspecified atom stereocenters. The number of rotatable bonds is 12. The zero-order chi connectivity index (χ0) is 43.4. The first-order chi connectivity index (χ1) is 31.5. The molecule has 2 aliphatic rings. The van der Waals surface area contributed by atoms with Crippen LogP contribution in [0, 0.1) is 0 Å². The molecule has 10 heteroatoms. The number of halogens is 1. The predicted molar refractivity (Wildman–Crippen MR) is 257 cm³/mol. The maximum absolute atomic E-state index is 6.23. The summed E-state index contributed by atoms with van der Waals surface area (Å²) < 4.78 is 25.1. The number of hydrogen-bond acceptors (Lipinski definition) is 6. The quantitative estimate of drug-likeness (QED) is 0.0938. The van der Waals surface area contributed by atoms with E-state index >= 15 is 0 Å². The molecular formula is C55H46BrN5O4. The lowest BCUT2D eigenvalue weighted by atomic mass is 10.0. The van der Waals surface area contributed by atoms with E-state index in [1.165, 1.54) is 0 Å². The average molecular weight is 921 g/mol. The van der Waals surface area contributed by atoms with Crippen molar-refractivity contribution < 1.29 is 40.5 Å². The number of aromatic nitrogens is 5. The Morgan fingerprint density at radius 3 is 1.18 bits per heavy atom. The molecule has 0 spiro atoms. The summed E-state index contributed by atoms with van der Waals surface area (Å²) in [4.78, 5) is 18.5. The highest BCUT2D eigenvalue weighted by molar-refractivity contribution is 6.00. The van der Waals surface area contributed by atoms with Crippen LogP contribution in [-0.2, 0) is 6.54 Å². The van der Waals surface area contributed by atoms with Crippen molar-refractivity contribution in [3.63, 3.8) is 0 Å². The molecule has 4 aromatic heterocycles. The highest BCUT2D eigenvalue weighted by Crippen LogP contribution is 2.39. The van der Waals surface area contributed by atoms with Crippen LogP contribution in [0.3, 0.4) is 0 Å². The summed E-state index contributed by atoms with van der Waals surface area (Å²) >= 11 is 0. The van der Waals surface area contributed by atoms with Crippen LogP contribution in [-0.4, -0.2) is 47.9 Å².